The second-order valence-corrected chi connectivity index (χ2v) is 5.61. The molecule has 0 spiro atoms. The molecule has 0 atom stereocenters. The average molecular weight is 254 g/mol. The van der Waals surface area contributed by atoms with E-state index in [-0.39, 0.29) is 0 Å². The highest BCUT2D eigenvalue weighted by atomic mass is 32.1. The Kier molecular flexibility index (Phi) is 2.76. The average Bonchev–Trinajstić information content (AvgIpc) is 2.73. The Labute approximate surface area is 110 Å². The maximum atomic E-state index is 5.68. The SMILES string of the molecule is Cc1ccc2sc(Cc3ccc(N)cc3)nc2c1. The molecule has 2 nitrogen and oxygen atoms in total. The molecule has 2 aromatic carbocycles. The van der Waals surface area contributed by atoms with Gasteiger partial charge in [-0.1, -0.05) is 18.2 Å². The molecule has 3 aromatic rings. The first-order chi connectivity index (χ1) is 8.70. The largest absolute Gasteiger partial charge is 0.399 e. The lowest BCUT2D eigenvalue weighted by Crippen LogP contribution is -1.88. The van der Waals surface area contributed by atoms with Gasteiger partial charge >= 0.3 is 0 Å². The number of nitrogens with zero attached hydrogens (tertiary/aromatic N) is 1. The predicted octanol–water partition coefficient (Wildman–Crippen LogP) is 3.78. The number of hydrogen-bond acceptors (Lipinski definition) is 3. The Hall–Kier alpha value is -1.87. The third-order valence-electron chi connectivity index (χ3n) is 2.92. The number of aryl methyl sites for hydroxylation is 1. The predicted molar refractivity (Wildman–Crippen MR) is 78.0 cm³/mol. The zero-order valence-corrected chi connectivity index (χ0v) is 11.0. The highest BCUT2D eigenvalue weighted by Crippen LogP contribution is 2.24. The lowest BCUT2D eigenvalue weighted by Gasteiger charge is -1.98. The van der Waals surface area contributed by atoms with Crippen molar-refractivity contribution in [3.8, 4) is 0 Å². The van der Waals surface area contributed by atoms with Gasteiger partial charge in [-0.05, 0) is 42.3 Å². The van der Waals surface area contributed by atoms with Crippen LogP contribution in [0.25, 0.3) is 10.2 Å². The van der Waals surface area contributed by atoms with Gasteiger partial charge in [0.2, 0.25) is 0 Å². The summed E-state index contributed by atoms with van der Waals surface area (Å²) in [7, 11) is 0. The Bertz CT molecular complexity index is 683. The molecule has 0 aliphatic carbocycles. The number of anilines is 1. The fraction of sp³-hybridized carbons (Fsp3) is 0.133. The minimum absolute atomic E-state index is 0.804. The summed E-state index contributed by atoms with van der Waals surface area (Å²) in [5.74, 6) is 0. The van der Waals surface area contributed by atoms with Gasteiger partial charge in [0.15, 0.2) is 0 Å². The van der Waals surface area contributed by atoms with Gasteiger partial charge in [0.25, 0.3) is 0 Å². The zero-order chi connectivity index (χ0) is 12.5. The van der Waals surface area contributed by atoms with Crippen LogP contribution in [0.15, 0.2) is 42.5 Å². The van der Waals surface area contributed by atoms with Crippen LogP contribution in [-0.4, -0.2) is 4.98 Å². The molecule has 2 N–H and O–H groups in total. The summed E-state index contributed by atoms with van der Waals surface area (Å²) >= 11 is 1.76. The Balaban J connectivity index is 1.92. The molecule has 3 rings (SSSR count). The van der Waals surface area contributed by atoms with Crippen molar-refractivity contribution in [2.24, 2.45) is 0 Å². The van der Waals surface area contributed by atoms with E-state index in [1.54, 1.807) is 11.3 Å². The molecule has 0 saturated heterocycles. The van der Waals surface area contributed by atoms with Gasteiger partial charge in [-0.3, -0.25) is 0 Å². The van der Waals surface area contributed by atoms with Crippen LogP contribution in [0, 0.1) is 6.92 Å². The molecular formula is C15H14N2S. The molecule has 0 fully saturated rings. The fourth-order valence-corrected chi connectivity index (χ4v) is 2.95. The van der Waals surface area contributed by atoms with Crippen LogP contribution in [0.3, 0.4) is 0 Å². The van der Waals surface area contributed by atoms with Crippen LogP contribution >= 0.6 is 11.3 Å². The molecule has 1 aromatic heterocycles. The van der Waals surface area contributed by atoms with E-state index >= 15 is 0 Å². The first kappa shape index (κ1) is 11.2. The molecule has 0 saturated carbocycles. The maximum absolute atomic E-state index is 5.68. The minimum atomic E-state index is 0.804. The van der Waals surface area contributed by atoms with Crippen molar-refractivity contribution in [1.29, 1.82) is 0 Å². The van der Waals surface area contributed by atoms with Crippen molar-refractivity contribution in [2.45, 2.75) is 13.3 Å². The van der Waals surface area contributed by atoms with Crippen molar-refractivity contribution >= 4 is 27.2 Å². The lowest BCUT2D eigenvalue weighted by molar-refractivity contribution is 1.15. The van der Waals surface area contributed by atoms with E-state index in [1.165, 1.54) is 15.8 Å². The second-order valence-electron chi connectivity index (χ2n) is 4.50. The number of rotatable bonds is 2. The van der Waals surface area contributed by atoms with E-state index in [1.807, 2.05) is 12.1 Å². The standard InChI is InChI=1S/C15H14N2S/c1-10-2-7-14-13(8-10)17-15(18-14)9-11-3-5-12(16)6-4-11/h2-8H,9,16H2,1H3. The third kappa shape index (κ3) is 2.22. The van der Waals surface area contributed by atoms with Crippen LogP contribution in [0.2, 0.25) is 0 Å². The van der Waals surface area contributed by atoms with Gasteiger partial charge in [0.1, 0.15) is 0 Å². The smallest absolute Gasteiger partial charge is 0.0982 e. The summed E-state index contributed by atoms with van der Waals surface area (Å²) in [5, 5.41) is 1.15. The molecule has 0 aliphatic rings. The first-order valence-corrected chi connectivity index (χ1v) is 6.73. The van der Waals surface area contributed by atoms with Gasteiger partial charge in [-0.15, -0.1) is 11.3 Å². The number of aromatic nitrogens is 1. The minimum Gasteiger partial charge on any atom is -0.399 e. The second kappa shape index (κ2) is 4.42. The van der Waals surface area contributed by atoms with Crippen molar-refractivity contribution in [3.63, 3.8) is 0 Å². The number of nitrogen functional groups attached to an aromatic ring is 1. The van der Waals surface area contributed by atoms with E-state index < -0.39 is 0 Å². The van der Waals surface area contributed by atoms with E-state index in [0.717, 1.165) is 22.6 Å². The zero-order valence-electron chi connectivity index (χ0n) is 10.2. The molecule has 0 bridgehead atoms. The Morgan fingerprint density at radius 1 is 1.11 bits per heavy atom. The number of benzene rings is 2. The van der Waals surface area contributed by atoms with Gasteiger partial charge in [0, 0.05) is 12.1 Å². The lowest BCUT2D eigenvalue weighted by atomic mass is 10.1. The quantitative estimate of drug-likeness (QED) is 0.707. The third-order valence-corrected chi connectivity index (χ3v) is 3.96. The molecule has 0 unspecified atom stereocenters. The van der Waals surface area contributed by atoms with Crippen molar-refractivity contribution < 1.29 is 0 Å². The van der Waals surface area contributed by atoms with Crippen LogP contribution in [0.5, 0.6) is 0 Å². The highest BCUT2D eigenvalue weighted by molar-refractivity contribution is 7.18. The van der Waals surface area contributed by atoms with Gasteiger partial charge in [0.05, 0.1) is 15.2 Å². The van der Waals surface area contributed by atoms with Crippen molar-refractivity contribution in [1.82, 2.24) is 4.98 Å². The molecule has 1 heterocycles. The molecule has 3 heteroatoms. The molecule has 18 heavy (non-hydrogen) atoms. The Morgan fingerprint density at radius 3 is 2.67 bits per heavy atom. The maximum Gasteiger partial charge on any atom is 0.0982 e. The monoisotopic (exact) mass is 254 g/mol. The number of fused-ring (bicyclic) bond motifs is 1. The molecule has 0 amide bonds. The highest BCUT2D eigenvalue weighted by Gasteiger charge is 2.04. The van der Waals surface area contributed by atoms with Gasteiger partial charge < -0.3 is 5.73 Å². The summed E-state index contributed by atoms with van der Waals surface area (Å²) in [5.41, 5.74) is 10.1. The van der Waals surface area contributed by atoms with Crippen LogP contribution in [-0.2, 0) is 6.42 Å². The summed E-state index contributed by atoms with van der Waals surface area (Å²) in [6, 6.07) is 14.4. The van der Waals surface area contributed by atoms with Crippen LogP contribution < -0.4 is 5.73 Å². The fourth-order valence-electron chi connectivity index (χ4n) is 1.97. The topological polar surface area (TPSA) is 38.9 Å². The summed E-state index contributed by atoms with van der Waals surface area (Å²) in [6.07, 6.45) is 0.874. The number of nitrogens with two attached hydrogens (primary N) is 1. The van der Waals surface area contributed by atoms with E-state index in [0.29, 0.717) is 0 Å². The van der Waals surface area contributed by atoms with E-state index in [2.05, 4.69) is 42.2 Å². The van der Waals surface area contributed by atoms with Gasteiger partial charge in [-0.25, -0.2) is 4.98 Å². The summed E-state index contributed by atoms with van der Waals surface area (Å²) < 4.78 is 1.26. The summed E-state index contributed by atoms with van der Waals surface area (Å²) in [6.45, 7) is 2.10. The van der Waals surface area contributed by atoms with Crippen molar-refractivity contribution in [2.75, 3.05) is 5.73 Å². The van der Waals surface area contributed by atoms with E-state index in [9.17, 15) is 0 Å². The van der Waals surface area contributed by atoms with Crippen LogP contribution in [0.1, 0.15) is 16.1 Å². The molecule has 0 aliphatic heterocycles. The summed E-state index contributed by atoms with van der Waals surface area (Å²) in [4.78, 5) is 4.68. The first-order valence-electron chi connectivity index (χ1n) is 5.91. The Morgan fingerprint density at radius 2 is 1.89 bits per heavy atom. The number of thiazole rings is 1. The van der Waals surface area contributed by atoms with E-state index in [4.69, 9.17) is 5.73 Å². The van der Waals surface area contributed by atoms with Crippen LogP contribution in [0.4, 0.5) is 5.69 Å². The number of hydrogen-bond donors (Lipinski definition) is 1. The molecule has 90 valence electrons. The van der Waals surface area contributed by atoms with Crippen molar-refractivity contribution in [3.05, 3.63) is 58.6 Å². The van der Waals surface area contributed by atoms with Gasteiger partial charge in [-0.2, -0.15) is 0 Å². The molecule has 0 radical (unpaired) electrons. The normalized spacial score (nSPS) is 10.9. The molecular weight excluding hydrogens is 240 g/mol.